The van der Waals surface area contributed by atoms with Gasteiger partial charge in [-0.15, -0.1) is 12.4 Å². The lowest BCUT2D eigenvalue weighted by atomic mass is 9.99. The predicted molar refractivity (Wildman–Crippen MR) is 110 cm³/mol. The second kappa shape index (κ2) is 8.29. The molecule has 0 aromatic heterocycles. The summed E-state index contributed by atoms with van der Waals surface area (Å²) in [4.78, 5) is 26.8. The molecule has 148 valence electrons. The first-order valence-electron chi connectivity index (χ1n) is 9.25. The predicted octanol–water partition coefficient (Wildman–Crippen LogP) is 3.52. The van der Waals surface area contributed by atoms with Crippen LogP contribution in [0.25, 0.3) is 0 Å². The topological polar surface area (TPSA) is 61.4 Å². The number of anilines is 2. The molecule has 2 aromatic rings. The number of fused-ring (bicyclic) bond motifs is 1. The van der Waals surface area contributed by atoms with Crippen molar-refractivity contribution in [3.8, 4) is 0 Å². The summed E-state index contributed by atoms with van der Waals surface area (Å²) in [5, 5.41) is 5.89. The highest BCUT2D eigenvalue weighted by Crippen LogP contribution is 2.33. The lowest BCUT2D eigenvalue weighted by molar-refractivity contribution is -0.119. The Morgan fingerprint density at radius 1 is 1.18 bits per heavy atom. The Hall–Kier alpha value is -2.44. The molecule has 2 N–H and O–H groups in total. The third kappa shape index (κ3) is 3.88. The molecule has 2 aliphatic rings. The zero-order chi connectivity index (χ0) is 19.0. The second-order valence-electron chi connectivity index (χ2n) is 7.13. The highest BCUT2D eigenvalue weighted by molar-refractivity contribution is 6.11. The van der Waals surface area contributed by atoms with Crippen LogP contribution in [0.5, 0.6) is 0 Å². The van der Waals surface area contributed by atoms with Crippen molar-refractivity contribution >= 4 is 35.6 Å². The number of amides is 2. The van der Waals surface area contributed by atoms with Crippen molar-refractivity contribution in [3.05, 3.63) is 58.9 Å². The lowest BCUT2D eigenvalue weighted by Crippen LogP contribution is -2.30. The van der Waals surface area contributed by atoms with E-state index in [-0.39, 0.29) is 35.7 Å². The lowest BCUT2D eigenvalue weighted by Gasteiger charge is -2.21. The van der Waals surface area contributed by atoms with E-state index in [1.54, 1.807) is 37.4 Å². The van der Waals surface area contributed by atoms with Crippen molar-refractivity contribution in [3.63, 3.8) is 0 Å². The highest BCUT2D eigenvalue weighted by Gasteiger charge is 2.33. The maximum absolute atomic E-state index is 14.8. The minimum Gasteiger partial charge on any atom is -0.319 e. The summed E-state index contributed by atoms with van der Waals surface area (Å²) in [6.07, 6.45) is 2.39. The normalized spacial score (nSPS) is 15.2. The number of benzene rings is 2. The molecule has 4 rings (SSSR count). The summed E-state index contributed by atoms with van der Waals surface area (Å²) >= 11 is 0. The van der Waals surface area contributed by atoms with Gasteiger partial charge in [-0.25, -0.2) is 4.39 Å². The van der Waals surface area contributed by atoms with Gasteiger partial charge in [-0.05, 0) is 55.1 Å². The van der Waals surface area contributed by atoms with Gasteiger partial charge in [0.25, 0.3) is 5.91 Å². The fourth-order valence-electron chi connectivity index (χ4n) is 3.50. The van der Waals surface area contributed by atoms with Crippen LogP contribution >= 0.6 is 12.4 Å². The molecule has 1 heterocycles. The Labute approximate surface area is 169 Å². The molecule has 0 saturated heterocycles. The third-order valence-corrected chi connectivity index (χ3v) is 5.22. The van der Waals surface area contributed by atoms with E-state index in [1.807, 2.05) is 6.07 Å². The van der Waals surface area contributed by atoms with Gasteiger partial charge in [0, 0.05) is 19.5 Å². The van der Waals surface area contributed by atoms with Gasteiger partial charge in [0.1, 0.15) is 5.82 Å². The van der Waals surface area contributed by atoms with E-state index in [4.69, 9.17) is 0 Å². The van der Waals surface area contributed by atoms with Crippen LogP contribution in [0.2, 0.25) is 0 Å². The summed E-state index contributed by atoms with van der Waals surface area (Å²) < 4.78 is 14.8. The van der Waals surface area contributed by atoms with Crippen LogP contribution in [0, 0.1) is 11.7 Å². The number of rotatable bonds is 4. The van der Waals surface area contributed by atoms with Gasteiger partial charge >= 0.3 is 0 Å². The number of nitrogens with zero attached hydrogens (tertiary/aromatic N) is 1. The summed E-state index contributed by atoms with van der Waals surface area (Å²) in [6, 6.07) is 10.4. The van der Waals surface area contributed by atoms with Crippen molar-refractivity contribution in [2.75, 3.05) is 23.8 Å². The zero-order valence-corrected chi connectivity index (χ0v) is 16.4. The minimum absolute atomic E-state index is 0. The largest absolute Gasteiger partial charge is 0.319 e. The van der Waals surface area contributed by atoms with Gasteiger partial charge in [0.05, 0.1) is 16.9 Å². The van der Waals surface area contributed by atoms with Crippen LogP contribution in [0.4, 0.5) is 15.8 Å². The molecule has 1 aliphatic heterocycles. The fourth-order valence-corrected chi connectivity index (χ4v) is 3.50. The van der Waals surface area contributed by atoms with E-state index in [0.29, 0.717) is 29.8 Å². The number of hydrogen-bond acceptors (Lipinski definition) is 3. The first-order valence-corrected chi connectivity index (χ1v) is 9.25. The van der Waals surface area contributed by atoms with Crippen LogP contribution in [0.15, 0.2) is 36.4 Å². The molecule has 0 radical (unpaired) electrons. The van der Waals surface area contributed by atoms with Crippen LogP contribution in [-0.4, -0.2) is 25.4 Å². The number of carbonyl (C=O) groups is 2. The van der Waals surface area contributed by atoms with Gasteiger partial charge in [-0.1, -0.05) is 18.2 Å². The molecule has 5 nitrogen and oxygen atoms in total. The van der Waals surface area contributed by atoms with Crippen LogP contribution < -0.4 is 15.5 Å². The van der Waals surface area contributed by atoms with Crippen LogP contribution in [0.1, 0.15) is 34.3 Å². The fraction of sp³-hybridized carbons (Fsp3) is 0.333. The van der Waals surface area contributed by atoms with Gasteiger partial charge in [0.2, 0.25) is 5.91 Å². The van der Waals surface area contributed by atoms with E-state index in [1.165, 1.54) is 4.90 Å². The maximum Gasteiger partial charge on any atom is 0.257 e. The third-order valence-electron chi connectivity index (χ3n) is 5.22. The molecule has 2 aromatic carbocycles. The summed E-state index contributed by atoms with van der Waals surface area (Å²) in [5.74, 6) is -0.725. The molecule has 2 amide bonds. The van der Waals surface area contributed by atoms with Crippen molar-refractivity contribution in [2.45, 2.75) is 25.8 Å². The summed E-state index contributed by atoms with van der Waals surface area (Å²) in [7, 11) is 1.68. The van der Waals surface area contributed by atoms with Gasteiger partial charge in [0.15, 0.2) is 0 Å². The average Bonchev–Trinajstić information content (AvgIpc) is 3.54. The Kier molecular flexibility index (Phi) is 6.01. The zero-order valence-electron chi connectivity index (χ0n) is 15.6. The van der Waals surface area contributed by atoms with E-state index in [9.17, 15) is 14.0 Å². The Balaban J connectivity index is 0.00000225. The molecule has 28 heavy (non-hydrogen) atoms. The summed E-state index contributed by atoms with van der Waals surface area (Å²) in [6.45, 7) is 1.36. The smallest absolute Gasteiger partial charge is 0.257 e. The Morgan fingerprint density at radius 2 is 1.93 bits per heavy atom. The number of hydrogen-bond donors (Lipinski definition) is 2. The second-order valence-corrected chi connectivity index (χ2v) is 7.13. The minimum atomic E-state index is -0.422. The van der Waals surface area contributed by atoms with Gasteiger partial charge in [-0.2, -0.15) is 0 Å². The Bertz CT molecular complexity index is 915. The monoisotopic (exact) mass is 403 g/mol. The standard InChI is InChI=1S/C21H22FN3O2.ClH/c1-25(21(27)13-6-7-13)18-5-3-2-4-16(18)20(26)24-17-9-8-14-12-23-11-10-15(14)19(17)22;/h2-5,8-9,13,23H,6-7,10-12H2,1H3,(H,24,26);1H. The molecule has 0 bridgehead atoms. The van der Waals surface area contributed by atoms with Crippen molar-refractivity contribution in [2.24, 2.45) is 5.92 Å². The van der Waals surface area contributed by atoms with Crippen LogP contribution in [-0.2, 0) is 17.8 Å². The first-order chi connectivity index (χ1) is 13.1. The highest BCUT2D eigenvalue weighted by atomic mass is 35.5. The average molecular weight is 404 g/mol. The quantitative estimate of drug-likeness (QED) is 0.821. The molecule has 1 fully saturated rings. The molecule has 1 saturated carbocycles. The van der Waals surface area contributed by atoms with Crippen molar-refractivity contribution < 1.29 is 14.0 Å². The van der Waals surface area contributed by atoms with E-state index >= 15 is 0 Å². The first kappa shape index (κ1) is 20.3. The number of nitrogens with one attached hydrogen (secondary N) is 2. The van der Waals surface area contributed by atoms with Crippen molar-refractivity contribution in [1.82, 2.24) is 5.32 Å². The molecular formula is C21H23ClFN3O2. The van der Waals surface area contributed by atoms with Crippen LogP contribution in [0.3, 0.4) is 0 Å². The van der Waals surface area contributed by atoms with E-state index in [0.717, 1.165) is 24.9 Å². The Morgan fingerprint density at radius 3 is 2.68 bits per heavy atom. The van der Waals surface area contributed by atoms with E-state index in [2.05, 4.69) is 10.6 Å². The van der Waals surface area contributed by atoms with Gasteiger partial charge < -0.3 is 15.5 Å². The molecule has 0 spiro atoms. The number of halogens is 2. The van der Waals surface area contributed by atoms with Gasteiger partial charge in [-0.3, -0.25) is 9.59 Å². The SMILES string of the molecule is CN(C(=O)C1CC1)c1ccccc1C(=O)Nc1ccc2c(c1F)CCNC2.Cl. The maximum atomic E-state index is 14.8. The van der Waals surface area contributed by atoms with E-state index < -0.39 is 5.91 Å². The summed E-state index contributed by atoms with van der Waals surface area (Å²) in [5.41, 5.74) is 2.64. The molecule has 0 atom stereocenters. The molecule has 7 heteroatoms. The number of para-hydroxylation sites is 1. The molecule has 1 aliphatic carbocycles. The number of carbonyl (C=O) groups excluding carboxylic acids is 2. The molecular weight excluding hydrogens is 381 g/mol. The van der Waals surface area contributed by atoms with Crippen molar-refractivity contribution in [1.29, 1.82) is 0 Å². The molecule has 0 unspecified atom stereocenters.